The number of amides is 1. The molecule has 1 heterocycles. The van der Waals surface area contributed by atoms with Crippen molar-refractivity contribution in [1.82, 2.24) is 4.98 Å². The molecule has 1 aromatic heterocycles. The first-order chi connectivity index (χ1) is 12.1. The van der Waals surface area contributed by atoms with Crippen LogP contribution in [0.3, 0.4) is 0 Å². The Hall–Kier alpha value is -2.37. The Bertz CT molecular complexity index is 862. The third kappa shape index (κ3) is 4.81. The summed E-state index contributed by atoms with van der Waals surface area (Å²) in [6.07, 6.45) is 0.226. The molecule has 128 valence electrons. The predicted molar refractivity (Wildman–Crippen MR) is 103 cm³/mol. The van der Waals surface area contributed by atoms with Crippen molar-refractivity contribution < 1.29 is 9.53 Å². The topological polar surface area (TPSA) is 51.2 Å². The van der Waals surface area contributed by atoms with E-state index in [9.17, 15) is 4.79 Å². The Morgan fingerprint density at radius 2 is 2.04 bits per heavy atom. The summed E-state index contributed by atoms with van der Waals surface area (Å²) in [4.78, 5) is 16.7. The number of halogens is 1. The number of ether oxygens (including phenoxy) is 1. The first-order valence-corrected chi connectivity index (χ1v) is 9.13. The Morgan fingerprint density at radius 1 is 1.24 bits per heavy atom. The van der Waals surface area contributed by atoms with Gasteiger partial charge >= 0.3 is 0 Å². The predicted octanol–water partition coefficient (Wildman–Crippen LogP) is 5.04. The summed E-state index contributed by atoms with van der Waals surface area (Å²) < 4.78 is 5.38. The van der Waals surface area contributed by atoms with Crippen molar-refractivity contribution in [3.05, 3.63) is 64.6 Å². The van der Waals surface area contributed by atoms with Gasteiger partial charge in [-0.05, 0) is 43.3 Å². The van der Waals surface area contributed by atoms with E-state index >= 15 is 0 Å². The highest BCUT2D eigenvalue weighted by Crippen LogP contribution is 2.26. The van der Waals surface area contributed by atoms with Crippen LogP contribution in [0.25, 0.3) is 10.6 Å². The zero-order valence-corrected chi connectivity index (χ0v) is 15.2. The number of anilines is 1. The third-order valence-corrected chi connectivity index (χ3v) is 4.59. The van der Waals surface area contributed by atoms with E-state index in [2.05, 4.69) is 10.3 Å². The molecular weight excluding hydrogens is 356 g/mol. The Labute approximate surface area is 155 Å². The lowest BCUT2D eigenvalue weighted by atomic mass is 10.2. The lowest BCUT2D eigenvalue weighted by molar-refractivity contribution is -0.115. The van der Waals surface area contributed by atoms with Crippen LogP contribution in [0.2, 0.25) is 5.02 Å². The molecule has 2 aromatic carbocycles. The quantitative estimate of drug-likeness (QED) is 0.659. The highest BCUT2D eigenvalue weighted by molar-refractivity contribution is 7.13. The number of thiazole rings is 1. The summed E-state index contributed by atoms with van der Waals surface area (Å²) in [6.45, 7) is 2.55. The van der Waals surface area contributed by atoms with E-state index in [0.717, 1.165) is 27.7 Å². The molecule has 6 heteroatoms. The second kappa shape index (κ2) is 8.14. The molecule has 0 atom stereocenters. The fraction of sp³-hybridized carbons (Fsp3) is 0.158. The standard InChI is InChI=1S/C19H17ClN2O2S/c1-2-24-17-8-6-15(7-9-17)21-18(23)11-16-12-25-19(22-16)13-4-3-5-14(20)10-13/h3-10,12H,2,11H2,1H3,(H,21,23). The van der Waals surface area contributed by atoms with Crippen LogP contribution in [0.4, 0.5) is 5.69 Å². The molecule has 0 saturated heterocycles. The van der Waals surface area contributed by atoms with Gasteiger partial charge in [0.2, 0.25) is 5.91 Å². The van der Waals surface area contributed by atoms with Gasteiger partial charge in [-0.25, -0.2) is 4.98 Å². The fourth-order valence-electron chi connectivity index (χ4n) is 2.31. The number of carbonyl (C=O) groups excluding carboxylic acids is 1. The van der Waals surface area contributed by atoms with Gasteiger partial charge in [-0.15, -0.1) is 11.3 Å². The molecule has 0 aliphatic heterocycles. The normalized spacial score (nSPS) is 10.5. The van der Waals surface area contributed by atoms with Gasteiger partial charge in [0, 0.05) is 21.7 Å². The number of carbonyl (C=O) groups is 1. The maximum atomic E-state index is 12.2. The minimum absolute atomic E-state index is 0.105. The van der Waals surface area contributed by atoms with Crippen LogP contribution in [-0.4, -0.2) is 17.5 Å². The van der Waals surface area contributed by atoms with Crippen molar-refractivity contribution in [1.29, 1.82) is 0 Å². The van der Waals surface area contributed by atoms with Gasteiger partial charge < -0.3 is 10.1 Å². The van der Waals surface area contributed by atoms with Gasteiger partial charge in [0.1, 0.15) is 10.8 Å². The van der Waals surface area contributed by atoms with Crippen LogP contribution in [0.15, 0.2) is 53.9 Å². The van der Waals surface area contributed by atoms with Crippen LogP contribution in [0.5, 0.6) is 5.75 Å². The van der Waals surface area contributed by atoms with Crippen molar-refractivity contribution >= 4 is 34.5 Å². The zero-order chi connectivity index (χ0) is 17.6. The molecule has 3 aromatic rings. The number of rotatable bonds is 6. The van der Waals surface area contributed by atoms with Crippen LogP contribution >= 0.6 is 22.9 Å². The lowest BCUT2D eigenvalue weighted by Crippen LogP contribution is -2.14. The monoisotopic (exact) mass is 372 g/mol. The maximum Gasteiger partial charge on any atom is 0.230 e. The molecule has 0 spiro atoms. The summed E-state index contributed by atoms with van der Waals surface area (Å²) in [5.74, 6) is 0.679. The van der Waals surface area contributed by atoms with Crippen molar-refractivity contribution in [2.24, 2.45) is 0 Å². The molecule has 3 rings (SSSR count). The van der Waals surface area contributed by atoms with Crippen LogP contribution in [0, 0.1) is 0 Å². The number of hydrogen-bond donors (Lipinski definition) is 1. The number of hydrogen-bond acceptors (Lipinski definition) is 4. The number of nitrogens with one attached hydrogen (secondary N) is 1. The van der Waals surface area contributed by atoms with Gasteiger partial charge in [0.15, 0.2) is 0 Å². The second-order valence-corrected chi connectivity index (χ2v) is 6.63. The van der Waals surface area contributed by atoms with Crippen LogP contribution in [0.1, 0.15) is 12.6 Å². The highest BCUT2D eigenvalue weighted by atomic mass is 35.5. The average molecular weight is 373 g/mol. The summed E-state index contributed by atoms with van der Waals surface area (Å²) in [5.41, 5.74) is 2.43. The molecule has 0 aliphatic rings. The molecule has 1 amide bonds. The lowest BCUT2D eigenvalue weighted by Gasteiger charge is -2.06. The average Bonchev–Trinajstić information content (AvgIpc) is 3.05. The highest BCUT2D eigenvalue weighted by Gasteiger charge is 2.10. The molecular formula is C19H17ClN2O2S. The van der Waals surface area contributed by atoms with Crippen LogP contribution in [-0.2, 0) is 11.2 Å². The van der Waals surface area contributed by atoms with Gasteiger partial charge in [0.05, 0.1) is 18.7 Å². The molecule has 0 aliphatic carbocycles. The summed E-state index contributed by atoms with van der Waals surface area (Å²) >= 11 is 7.51. The largest absolute Gasteiger partial charge is 0.494 e. The molecule has 25 heavy (non-hydrogen) atoms. The number of benzene rings is 2. The minimum Gasteiger partial charge on any atom is -0.494 e. The number of nitrogens with zero attached hydrogens (tertiary/aromatic N) is 1. The summed E-state index contributed by atoms with van der Waals surface area (Å²) in [5, 5.41) is 6.29. The van der Waals surface area contributed by atoms with Crippen molar-refractivity contribution in [3.63, 3.8) is 0 Å². The van der Waals surface area contributed by atoms with Gasteiger partial charge in [-0.2, -0.15) is 0 Å². The molecule has 0 unspecified atom stereocenters. The molecule has 0 bridgehead atoms. The van der Waals surface area contributed by atoms with Crippen molar-refractivity contribution in [2.45, 2.75) is 13.3 Å². The van der Waals surface area contributed by atoms with Gasteiger partial charge in [-0.1, -0.05) is 23.7 Å². The first kappa shape index (κ1) is 17.5. The van der Waals surface area contributed by atoms with Crippen molar-refractivity contribution in [3.8, 4) is 16.3 Å². The van der Waals surface area contributed by atoms with E-state index in [0.29, 0.717) is 11.6 Å². The van der Waals surface area contributed by atoms with E-state index in [-0.39, 0.29) is 12.3 Å². The molecule has 0 fully saturated rings. The van der Waals surface area contributed by atoms with E-state index in [1.807, 2.05) is 60.8 Å². The molecule has 0 radical (unpaired) electrons. The van der Waals surface area contributed by atoms with Gasteiger partial charge in [-0.3, -0.25) is 4.79 Å². The third-order valence-electron chi connectivity index (χ3n) is 3.41. The van der Waals surface area contributed by atoms with E-state index < -0.39 is 0 Å². The van der Waals surface area contributed by atoms with E-state index in [1.165, 1.54) is 11.3 Å². The molecule has 0 saturated carbocycles. The Morgan fingerprint density at radius 3 is 2.76 bits per heavy atom. The minimum atomic E-state index is -0.105. The van der Waals surface area contributed by atoms with Gasteiger partial charge in [0.25, 0.3) is 0 Å². The summed E-state index contributed by atoms with van der Waals surface area (Å²) in [7, 11) is 0. The van der Waals surface area contributed by atoms with Crippen LogP contribution < -0.4 is 10.1 Å². The smallest absolute Gasteiger partial charge is 0.230 e. The Balaban J connectivity index is 1.61. The molecule has 1 N–H and O–H groups in total. The van der Waals surface area contributed by atoms with Crippen molar-refractivity contribution in [2.75, 3.05) is 11.9 Å². The SMILES string of the molecule is CCOc1ccc(NC(=O)Cc2csc(-c3cccc(Cl)c3)n2)cc1. The summed E-state index contributed by atoms with van der Waals surface area (Å²) in [6, 6.07) is 14.8. The maximum absolute atomic E-state index is 12.2. The molecule has 4 nitrogen and oxygen atoms in total. The Kier molecular flexibility index (Phi) is 5.68. The second-order valence-electron chi connectivity index (χ2n) is 5.34. The first-order valence-electron chi connectivity index (χ1n) is 7.87. The zero-order valence-electron chi connectivity index (χ0n) is 13.7. The van der Waals surface area contributed by atoms with E-state index in [1.54, 1.807) is 0 Å². The fourth-order valence-corrected chi connectivity index (χ4v) is 3.32. The number of aromatic nitrogens is 1. The van der Waals surface area contributed by atoms with E-state index in [4.69, 9.17) is 16.3 Å².